The van der Waals surface area contributed by atoms with Crippen LogP contribution in [0.1, 0.15) is 23.0 Å². The van der Waals surface area contributed by atoms with E-state index in [1.165, 1.54) is 43.4 Å². The van der Waals surface area contributed by atoms with Gasteiger partial charge in [-0.25, -0.2) is 0 Å². The predicted molar refractivity (Wildman–Crippen MR) is 282 cm³/mol. The first-order chi connectivity index (χ1) is 33.8. The van der Waals surface area contributed by atoms with Crippen LogP contribution in [0.3, 0.4) is 0 Å². The summed E-state index contributed by atoms with van der Waals surface area (Å²) in [4.78, 5) is 5.03. The van der Waals surface area contributed by atoms with Gasteiger partial charge in [-0.3, -0.25) is 0 Å². The summed E-state index contributed by atoms with van der Waals surface area (Å²) in [5, 5.41) is 9.46. The molecule has 4 atom stereocenters. The van der Waals surface area contributed by atoms with E-state index in [1.54, 1.807) is 0 Å². The molecule has 2 heterocycles. The average molecular weight is 873 g/mol. The molecule has 4 heteroatoms. The number of hydrogen-bond donors (Lipinski definition) is 0. The van der Waals surface area contributed by atoms with Gasteiger partial charge in [0.1, 0.15) is 17.4 Å². The molecule has 4 nitrogen and oxygen atoms in total. The Balaban J connectivity index is 1.02. The maximum absolute atomic E-state index is 6.97. The van der Waals surface area contributed by atoms with Crippen molar-refractivity contribution in [2.45, 2.75) is 24.0 Å². The van der Waals surface area contributed by atoms with Gasteiger partial charge in [0.05, 0.1) is 28.8 Å². The molecule has 10 aromatic carbocycles. The molecule has 2 aliphatic carbocycles. The third-order valence-electron chi connectivity index (χ3n) is 14.6. The minimum Gasteiger partial charge on any atom is -0.483 e. The minimum atomic E-state index is -0.212. The summed E-state index contributed by atoms with van der Waals surface area (Å²) >= 11 is 0. The van der Waals surface area contributed by atoms with Gasteiger partial charge in [-0.15, -0.1) is 0 Å². The van der Waals surface area contributed by atoms with Crippen LogP contribution in [0.4, 0.5) is 22.7 Å². The van der Waals surface area contributed by atoms with E-state index in [0.717, 1.165) is 67.3 Å². The normalized spacial score (nSPS) is 18.3. The highest BCUT2D eigenvalue weighted by Crippen LogP contribution is 2.52. The van der Waals surface area contributed by atoms with Crippen LogP contribution >= 0.6 is 0 Å². The number of para-hydroxylation sites is 4. The highest BCUT2D eigenvalue weighted by molar-refractivity contribution is 6.28. The lowest BCUT2D eigenvalue weighted by atomic mass is 9.85. The van der Waals surface area contributed by atoms with E-state index in [0.29, 0.717) is 0 Å². The fourth-order valence-corrected chi connectivity index (χ4v) is 11.6. The number of nitrogens with zero attached hydrogens (tertiary/aromatic N) is 2. The molecule has 0 radical (unpaired) electrons. The summed E-state index contributed by atoms with van der Waals surface area (Å²) in [6, 6.07) is 72.5. The number of allylic oxidation sites excluding steroid dienone is 4. The van der Waals surface area contributed by atoms with Crippen molar-refractivity contribution in [1.82, 2.24) is 0 Å². The van der Waals surface area contributed by atoms with E-state index < -0.39 is 0 Å². The number of hydrogen-bond acceptors (Lipinski definition) is 4. The topological polar surface area (TPSA) is 28.9 Å². The molecule has 1 aromatic heterocycles. The van der Waals surface area contributed by atoms with Gasteiger partial charge in [0.25, 0.3) is 0 Å². The van der Waals surface area contributed by atoms with Crippen molar-refractivity contribution < 1.29 is 9.15 Å². The second kappa shape index (κ2) is 15.5. The van der Waals surface area contributed by atoms with Crippen molar-refractivity contribution in [3.8, 4) is 16.9 Å². The van der Waals surface area contributed by atoms with Crippen molar-refractivity contribution in [2.24, 2.45) is 0 Å². The lowest BCUT2D eigenvalue weighted by molar-refractivity contribution is 0.253. The molecule has 3 aliphatic rings. The molecule has 0 bridgehead atoms. The highest BCUT2D eigenvalue weighted by Gasteiger charge is 2.40. The lowest BCUT2D eigenvalue weighted by Crippen LogP contribution is -2.35. The smallest absolute Gasteiger partial charge is 0.159 e. The standard InChI is InChI=1S/C64H44N2O2/c1-3-17-41(18-4-1)45-21-7-11-27-53(45)65(57-29-15-25-49-47-23-9-13-31-59(47)67-63(49)57)55-39-35-43-34-38-52-56(40-36-44-33-37-51(55)61(43)62(44)52)66(54-28-12-8-22-46(54)42-19-5-2-6-20-42)58-30-16-26-50-48-24-10-14-32-60(48)68-64(50)58/h1-40,45,50,53,64H. The number of furan rings is 1. The first-order valence-corrected chi connectivity index (χ1v) is 23.7. The van der Waals surface area contributed by atoms with E-state index >= 15 is 0 Å². The maximum Gasteiger partial charge on any atom is 0.159 e. The molecule has 0 saturated heterocycles. The number of anilines is 4. The molecule has 0 fully saturated rings. The first kappa shape index (κ1) is 38.6. The van der Waals surface area contributed by atoms with Crippen molar-refractivity contribution in [3.05, 3.63) is 260 Å². The van der Waals surface area contributed by atoms with Gasteiger partial charge < -0.3 is 19.0 Å². The SMILES string of the molecule is C1=CC2c3ccccc3OC2C(N(c2ccccc2-c2ccccc2)c2ccc3ccc4c(N(c5cccc6c5oc5ccccc56)C5C=CC=CC5c5ccccc5)ccc5ccc2c3c54)=C1. The van der Waals surface area contributed by atoms with Gasteiger partial charge in [0.2, 0.25) is 0 Å². The molecule has 0 spiro atoms. The Morgan fingerprint density at radius 3 is 1.93 bits per heavy atom. The zero-order valence-corrected chi connectivity index (χ0v) is 37.1. The van der Waals surface area contributed by atoms with Crippen LogP contribution < -0.4 is 14.5 Å². The molecule has 322 valence electrons. The third kappa shape index (κ3) is 5.93. The average Bonchev–Trinajstić information content (AvgIpc) is 3.99. The molecule has 1 aliphatic heterocycles. The Morgan fingerprint density at radius 2 is 1.07 bits per heavy atom. The summed E-state index contributed by atoms with van der Waals surface area (Å²) in [5.74, 6) is 1.11. The van der Waals surface area contributed by atoms with Crippen molar-refractivity contribution in [3.63, 3.8) is 0 Å². The molecule has 11 aromatic rings. The molecule has 0 saturated carbocycles. The summed E-state index contributed by atoms with van der Waals surface area (Å²) in [6.07, 6.45) is 15.7. The lowest BCUT2D eigenvalue weighted by Gasteiger charge is -2.38. The van der Waals surface area contributed by atoms with Crippen LogP contribution in [0.25, 0.3) is 65.4 Å². The van der Waals surface area contributed by atoms with E-state index in [1.807, 2.05) is 0 Å². The predicted octanol–water partition coefficient (Wildman–Crippen LogP) is 16.7. The number of rotatable bonds is 8. The largest absolute Gasteiger partial charge is 0.483 e. The van der Waals surface area contributed by atoms with Gasteiger partial charge in [-0.05, 0) is 75.1 Å². The number of ether oxygens (including phenoxy) is 1. The fourth-order valence-electron chi connectivity index (χ4n) is 11.6. The molecule has 14 rings (SSSR count). The summed E-state index contributed by atoms with van der Waals surface area (Å²) < 4.78 is 13.8. The highest BCUT2D eigenvalue weighted by atomic mass is 16.5. The molecular weight excluding hydrogens is 829 g/mol. The van der Waals surface area contributed by atoms with Crippen molar-refractivity contribution in [1.29, 1.82) is 0 Å². The maximum atomic E-state index is 6.97. The molecule has 4 unspecified atom stereocenters. The van der Waals surface area contributed by atoms with Crippen molar-refractivity contribution >= 4 is 77.0 Å². The van der Waals surface area contributed by atoms with Crippen LogP contribution in [0, 0.1) is 0 Å². The quantitative estimate of drug-likeness (QED) is 0.142. The third-order valence-corrected chi connectivity index (χ3v) is 14.6. The Labute approximate surface area is 394 Å². The van der Waals surface area contributed by atoms with Gasteiger partial charge in [0.15, 0.2) is 5.58 Å². The minimum absolute atomic E-state index is 0.0602. The number of fused-ring (bicyclic) bond motifs is 6. The molecule has 68 heavy (non-hydrogen) atoms. The Morgan fingerprint density at radius 1 is 0.426 bits per heavy atom. The zero-order chi connectivity index (χ0) is 44.7. The van der Waals surface area contributed by atoms with Crippen LogP contribution in [0.5, 0.6) is 5.75 Å². The summed E-state index contributed by atoms with van der Waals surface area (Å²) in [7, 11) is 0. The Kier molecular flexibility index (Phi) is 8.81. The van der Waals surface area contributed by atoms with Crippen LogP contribution in [-0.4, -0.2) is 12.1 Å². The zero-order valence-electron chi connectivity index (χ0n) is 37.1. The van der Waals surface area contributed by atoms with Gasteiger partial charge >= 0.3 is 0 Å². The Hall–Kier alpha value is -8.60. The molecule has 0 amide bonds. The first-order valence-electron chi connectivity index (χ1n) is 23.7. The van der Waals surface area contributed by atoms with E-state index in [4.69, 9.17) is 9.15 Å². The van der Waals surface area contributed by atoms with Crippen LogP contribution in [0.2, 0.25) is 0 Å². The van der Waals surface area contributed by atoms with Gasteiger partial charge in [-0.1, -0.05) is 200 Å². The van der Waals surface area contributed by atoms with Crippen LogP contribution in [-0.2, 0) is 0 Å². The van der Waals surface area contributed by atoms with Gasteiger partial charge in [0, 0.05) is 50.2 Å². The van der Waals surface area contributed by atoms with Crippen LogP contribution in [0.15, 0.2) is 253 Å². The second-order valence-corrected chi connectivity index (χ2v) is 18.2. The van der Waals surface area contributed by atoms with E-state index in [2.05, 4.69) is 253 Å². The summed E-state index contributed by atoms with van der Waals surface area (Å²) in [5.41, 5.74) is 12.0. The molecular formula is C64H44N2O2. The van der Waals surface area contributed by atoms with E-state index in [9.17, 15) is 0 Å². The monoisotopic (exact) mass is 872 g/mol. The summed E-state index contributed by atoms with van der Waals surface area (Å²) in [6.45, 7) is 0. The fraction of sp³-hybridized carbons (Fsp3) is 0.0625. The van der Waals surface area contributed by atoms with Crippen molar-refractivity contribution in [2.75, 3.05) is 9.80 Å². The Bertz CT molecular complexity index is 3880. The number of benzene rings is 10. The molecule has 0 N–H and O–H groups in total. The second-order valence-electron chi connectivity index (χ2n) is 18.2. The van der Waals surface area contributed by atoms with Gasteiger partial charge in [-0.2, -0.15) is 0 Å². The van der Waals surface area contributed by atoms with E-state index in [-0.39, 0.29) is 24.0 Å².